The van der Waals surface area contributed by atoms with E-state index in [1.54, 1.807) is 12.1 Å². The summed E-state index contributed by atoms with van der Waals surface area (Å²) in [6.45, 7) is 2.33. The predicted octanol–water partition coefficient (Wildman–Crippen LogP) is 3.52. The van der Waals surface area contributed by atoms with E-state index >= 15 is 0 Å². The second-order valence-corrected chi connectivity index (χ2v) is 5.26. The lowest BCUT2D eigenvalue weighted by atomic mass is 10.1. The smallest absolute Gasteiger partial charge is 0.196 e. The summed E-state index contributed by atoms with van der Waals surface area (Å²) < 4.78 is 7.11. The molecule has 0 fully saturated rings. The van der Waals surface area contributed by atoms with Gasteiger partial charge in [-0.1, -0.05) is 12.1 Å². The zero-order chi connectivity index (χ0) is 13.4. The Morgan fingerprint density at radius 3 is 2.74 bits per heavy atom. The Morgan fingerprint density at radius 1 is 1.16 bits per heavy atom. The van der Waals surface area contributed by atoms with Crippen molar-refractivity contribution in [3.8, 4) is 11.5 Å². The molecule has 0 unspecified atom stereocenters. The van der Waals surface area contributed by atoms with Crippen molar-refractivity contribution in [2.45, 2.75) is 6.92 Å². The van der Waals surface area contributed by atoms with E-state index in [9.17, 15) is 9.90 Å². The Labute approximate surface area is 113 Å². The van der Waals surface area contributed by atoms with Gasteiger partial charge in [0.1, 0.15) is 0 Å². The molecule has 0 aliphatic carbocycles. The molecule has 0 saturated heterocycles. The molecule has 19 heavy (non-hydrogen) atoms. The summed E-state index contributed by atoms with van der Waals surface area (Å²) >= 11 is 1.52. The summed E-state index contributed by atoms with van der Waals surface area (Å²) in [5.74, 6) is 0.426. The van der Waals surface area contributed by atoms with E-state index in [4.69, 9.17) is 4.74 Å². The molecule has 0 amide bonds. The predicted molar refractivity (Wildman–Crippen MR) is 78.4 cm³/mol. The van der Waals surface area contributed by atoms with E-state index in [2.05, 4.69) is 0 Å². The maximum atomic E-state index is 12.4. The summed E-state index contributed by atoms with van der Waals surface area (Å²) in [6, 6.07) is 10.7. The van der Waals surface area contributed by atoms with Gasteiger partial charge in [-0.25, -0.2) is 0 Å². The maximum absolute atomic E-state index is 12.4. The number of aromatic hydroxyl groups is 1. The van der Waals surface area contributed by atoms with Gasteiger partial charge >= 0.3 is 0 Å². The number of phenols is 1. The van der Waals surface area contributed by atoms with Gasteiger partial charge in [-0.3, -0.25) is 4.79 Å². The molecule has 3 aromatic rings. The third-order valence-corrected chi connectivity index (χ3v) is 4.09. The van der Waals surface area contributed by atoms with Gasteiger partial charge < -0.3 is 9.84 Å². The Bertz CT molecular complexity index is 821. The zero-order valence-electron chi connectivity index (χ0n) is 10.3. The Morgan fingerprint density at radius 2 is 1.95 bits per heavy atom. The van der Waals surface area contributed by atoms with Crippen LogP contribution in [-0.4, -0.2) is 11.7 Å². The number of benzene rings is 2. The second-order valence-electron chi connectivity index (χ2n) is 4.18. The molecule has 2 aromatic carbocycles. The summed E-state index contributed by atoms with van der Waals surface area (Å²) in [5.41, 5.74) is -0.0531. The number of rotatable bonds is 2. The first-order chi connectivity index (χ1) is 9.20. The largest absolute Gasteiger partial charge is 0.504 e. The van der Waals surface area contributed by atoms with Crippen molar-refractivity contribution in [1.29, 1.82) is 0 Å². The lowest BCUT2D eigenvalue weighted by Crippen LogP contribution is -2.01. The SMILES string of the molecule is CCOc1cc2sc3ccccc3c(=O)c2cc1O. The normalized spacial score (nSPS) is 11.0. The minimum Gasteiger partial charge on any atom is -0.504 e. The molecule has 4 heteroatoms. The van der Waals surface area contributed by atoms with Gasteiger partial charge in [0.25, 0.3) is 0 Å². The summed E-state index contributed by atoms with van der Waals surface area (Å²) in [5, 5.41) is 11.1. The Balaban J connectivity index is 2.41. The van der Waals surface area contributed by atoms with Gasteiger partial charge in [0, 0.05) is 26.2 Å². The number of ether oxygens (including phenoxy) is 1. The molecule has 0 saturated carbocycles. The van der Waals surface area contributed by atoms with E-state index in [0.717, 1.165) is 9.40 Å². The van der Waals surface area contributed by atoms with Crippen molar-refractivity contribution in [3.05, 3.63) is 46.6 Å². The average Bonchev–Trinajstić information content (AvgIpc) is 2.41. The van der Waals surface area contributed by atoms with E-state index in [-0.39, 0.29) is 11.2 Å². The fourth-order valence-corrected chi connectivity index (χ4v) is 3.17. The molecule has 0 radical (unpaired) electrons. The molecular weight excluding hydrogens is 260 g/mol. The van der Waals surface area contributed by atoms with Crippen LogP contribution >= 0.6 is 11.3 Å². The van der Waals surface area contributed by atoms with Crippen LogP contribution in [0.2, 0.25) is 0 Å². The summed E-state index contributed by atoms with van der Waals surface area (Å²) in [6.07, 6.45) is 0. The lowest BCUT2D eigenvalue weighted by Gasteiger charge is -2.07. The first kappa shape index (κ1) is 12.0. The molecule has 96 valence electrons. The van der Waals surface area contributed by atoms with Gasteiger partial charge in [0.2, 0.25) is 0 Å². The minimum absolute atomic E-state index is 0.00827. The van der Waals surface area contributed by atoms with Crippen molar-refractivity contribution in [1.82, 2.24) is 0 Å². The van der Waals surface area contributed by atoms with Crippen LogP contribution in [0.4, 0.5) is 0 Å². The van der Waals surface area contributed by atoms with E-state index < -0.39 is 0 Å². The molecule has 0 atom stereocenters. The van der Waals surface area contributed by atoms with Crippen LogP contribution in [0.3, 0.4) is 0 Å². The fourth-order valence-electron chi connectivity index (χ4n) is 2.09. The molecule has 0 bridgehead atoms. The standard InChI is InChI=1S/C15H12O3S/c1-2-18-12-8-14-10(7-11(12)16)15(17)9-5-3-4-6-13(9)19-14/h3-8,16H,2H2,1H3. The quantitative estimate of drug-likeness (QED) is 0.726. The van der Waals surface area contributed by atoms with E-state index in [1.807, 2.05) is 25.1 Å². The Hall–Kier alpha value is -2.07. The third-order valence-electron chi connectivity index (χ3n) is 2.96. The molecule has 1 N–H and O–H groups in total. The van der Waals surface area contributed by atoms with E-state index in [0.29, 0.717) is 23.1 Å². The van der Waals surface area contributed by atoms with Crippen LogP contribution in [0, 0.1) is 0 Å². The second kappa shape index (κ2) is 4.55. The number of phenolic OH excluding ortho intramolecular Hbond substituents is 1. The monoisotopic (exact) mass is 272 g/mol. The first-order valence-corrected chi connectivity index (χ1v) is 6.83. The van der Waals surface area contributed by atoms with Crippen molar-refractivity contribution in [3.63, 3.8) is 0 Å². The highest BCUT2D eigenvalue weighted by molar-refractivity contribution is 7.24. The minimum atomic E-state index is -0.0531. The average molecular weight is 272 g/mol. The van der Waals surface area contributed by atoms with Crippen molar-refractivity contribution in [2.24, 2.45) is 0 Å². The zero-order valence-corrected chi connectivity index (χ0v) is 11.2. The molecule has 1 aromatic heterocycles. The molecule has 1 heterocycles. The summed E-state index contributed by atoms with van der Waals surface area (Å²) in [4.78, 5) is 12.4. The molecule has 0 spiro atoms. The maximum Gasteiger partial charge on any atom is 0.196 e. The van der Waals surface area contributed by atoms with Crippen LogP contribution in [0.5, 0.6) is 11.5 Å². The van der Waals surface area contributed by atoms with E-state index in [1.165, 1.54) is 17.4 Å². The van der Waals surface area contributed by atoms with Crippen molar-refractivity contribution in [2.75, 3.05) is 6.61 Å². The molecule has 0 aliphatic heterocycles. The van der Waals surface area contributed by atoms with Gasteiger partial charge in [-0.05, 0) is 25.1 Å². The van der Waals surface area contributed by atoms with Gasteiger partial charge in [-0.2, -0.15) is 0 Å². The van der Waals surface area contributed by atoms with Gasteiger partial charge in [0.15, 0.2) is 16.9 Å². The topological polar surface area (TPSA) is 46.5 Å². The van der Waals surface area contributed by atoms with Crippen molar-refractivity contribution < 1.29 is 9.84 Å². The molecule has 0 aliphatic rings. The third kappa shape index (κ3) is 1.94. The van der Waals surface area contributed by atoms with Gasteiger partial charge in [0.05, 0.1) is 6.61 Å². The fraction of sp³-hybridized carbons (Fsp3) is 0.133. The highest BCUT2D eigenvalue weighted by Gasteiger charge is 2.10. The molecular formula is C15H12O3S. The van der Waals surface area contributed by atoms with Crippen LogP contribution in [0.15, 0.2) is 41.2 Å². The highest BCUT2D eigenvalue weighted by atomic mass is 32.1. The highest BCUT2D eigenvalue weighted by Crippen LogP contribution is 2.34. The lowest BCUT2D eigenvalue weighted by molar-refractivity contribution is 0.319. The number of hydrogen-bond donors (Lipinski definition) is 1. The van der Waals surface area contributed by atoms with Gasteiger partial charge in [-0.15, -0.1) is 11.3 Å². The Kier molecular flexibility index (Phi) is 2.87. The van der Waals surface area contributed by atoms with Crippen LogP contribution in [0.25, 0.3) is 20.2 Å². The summed E-state index contributed by atoms with van der Waals surface area (Å²) in [7, 11) is 0. The molecule has 3 rings (SSSR count). The van der Waals surface area contributed by atoms with Crippen molar-refractivity contribution >= 4 is 31.5 Å². The van der Waals surface area contributed by atoms with Crippen LogP contribution in [-0.2, 0) is 0 Å². The number of hydrogen-bond acceptors (Lipinski definition) is 4. The number of fused-ring (bicyclic) bond motifs is 2. The molecule has 3 nitrogen and oxygen atoms in total. The van der Waals surface area contributed by atoms with Crippen LogP contribution < -0.4 is 10.2 Å². The van der Waals surface area contributed by atoms with Crippen LogP contribution in [0.1, 0.15) is 6.92 Å². The first-order valence-electron chi connectivity index (χ1n) is 6.02.